The highest BCUT2D eigenvalue weighted by Crippen LogP contribution is 2.55. The van der Waals surface area contributed by atoms with Gasteiger partial charge < -0.3 is 10.5 Å². The van der Waals surface area contributed by atoms with Crippen LogP contribution < -0.4 is 5.73 Å². The maximum absolute atomic E-state index is 13.2. The second-order valence-electron chi connectivity index (χ2n) is 6.56. The van der Waals surface area contributed by atoms with Gasteiger partial charge >= 0.3 is 0 Å². The summed E-state index contributed by atoms with van der Waals surface area (Å²) in [5, 5.41) is -0.685. The number of hydrogen-bond donors (Lipinski definition) is 1. The number of hydrogen-bond acceptors (Lipinski definition) is 4. The Kier molecular flexibility index (Phi) is 5.08. The molecule has 0 radical (unpaired) electrons. The Morgan fingerprint density at radius 3 is 2.28 bits per heavy atom. The molecule has 1 aliphatic carbocycles. The standard InChI is InChI=1S/C19H22BrNO3S/c1-3-24-12-19(21)17(14-6-8-15(20)9-7-14)18(19)25(22,23)16-10-4-13(2)5-11-16/h4-11,17-18H,3,12,21H2,1-2H3/t17-,18+,19-/m0/s1. The maximum Gasteiger partial charge on any atom is 0.183 e. The third kappa shape index (κ3) is 3.40. The van der Waals surface area contributed by atoms with Crippen molar-refractivity contribution in [1.29, 1.82) is 0 Å². The lowest BCUT2D eigenvalue weighted by Crippen LogP contribution is -2.36. The zero-order valence-electron chi connectivity index (χ0n) is 14.3. The van der Waals surface area contributed by atoms with Crippen LogP contribution in [0.1, 0.15) is 24.0 Å². The van der Waals surface area contributed by atoms with Crippen LogP contribution in [0.3, 0.4) is 0 Å². The fraction of sp³-hybridized carbons (Fsp3) is 0.368. The summed E-state index contributed by atoms with van der Waals surface area (Å²) in [6.45, 7) is 4.54. The summed E-state index contributed by atoms with van der Waals surface area (Å²) in [6.07, 6.45) is 0. The summed E-state index contributed by atoms with van der Waals surface area (Å²) in [4.78, 5) is 0.314. The molecule has 134 valence electrons. The number of nitrogens with two attached hydrogens (primary N) is 1. The molecule has 1 aliphatic rings. The van der Waals surface area contributed by atoms with Gasteiger partial charge in [0.25, 0.3) is 0 Å². The Hall–Kier alpha value is -1.21. The molecule has 1 saturated carbocycles. The topological polar surface area (TPSA) is 69.4 Å². The van der Waals surface area contributed by atoms with E-state index >= 15 is 0 Å². The SMILES string of the molecule is CCOC[C@@]1(N)[C@H](S(=O)(=O)c2ccc(C)cc2)[C@@H]1c1ccc(Br)cc1. The minimum atomic E-state index is -3.54. The Balaban J connectivity index is 1.99. The normalized spacial score (nSPS) is 25.8. The van der Waals surface area contributed by atoms with Crippen molar-refractivity contribution in [3.63, 3.8) is 0 Å². The van der Waals surface area contributed by atoms with Gasteiger partial charge in [-0.3, -0.25) is 0 Å². The van der Waals surface area contributed by atoms with Crippen molar-refractivity contribution in [1.82, 2.24) is 0 Å². The summed E-state index contributed by atoms with van der Waals surface area (Å²) >= 11 is 3.41. The van der Waals surface area contributed by atoms with Gasteiger partial charge in [0.2, 0.25) is 0 Å². The van der Waals surface area contributed by atoms with E-state index in [1.54, 1.807) is 12.1 Å². The molecule has 0 aliphatic heterocycles. The average molecular weight is 424 g/mol. The number of ether oxygens (including phenoxy) is 1. The van der Waals surface area contributed by atoms with Gasteiger partial charge in [0.15, 0.2) is 9.84 Å². The minimum absolute atomic E-state index is 0.222. The molecule has 2 aromatic rings. The van der Waals surface area contributed by atoms with Crippen molar-refractivity contribution in [2.75, 3.05) is 13.2 Å². The molecule has 4 nitrogen and oxygen atoms in total. The van der Waals surface area contributed by atoms with E-state index in [4.69, 9.17) is 10.5 Å². The van der Waals surface area contributed by atoms with Crippen LogP contribution >= 0.6 is 15.9 Å². The number of aryl methyl sites for hydroxylation is 1. The molecular formula is C19H22BrNO3S. The molecule has 25 heavy (non-hydrogen) atoms. The van der Waals surface area contributed by atoms with Crippen molar-refractivity contribution < 1.29 is 13.2 Å². The third-order valence-electron chi connectivity index (χ3n) is 4.77. The highest BCUT2D eigenvalue weighted by Gasteiger charge is 2.69. The minimum Gasteiger partial charge on any atom is -0.380 e. The molecule has 0 spiro atoms. The highest BCUT2D eigenvalue weighted by atomic mass is 79.9. The molecule has 1 fully saturated rings. The average Bonchev–Trinajstić information content (AvgIpc) is 3.21. The lowest BCUT2D eigenvalue weighted by atomic mass is 10.1. The molecule has 0 amide bonds. The van der Waals surface area contributed by atoms with Crippen LogP contribution in [0.25, 0.3) is 0 Å². The first-order valence-electron chi connectivity index (χ1n) is 8.23. The number of sulfone groups is 1. The second-order valence-corrected chi connectivity index (χ2v) is 9.54. The van der Waals surface area contributed by atoms with Gasteiger partial charge in [-0.1, -0.05) is 45.8 Å². The van der Waals surface area contributed by atoms with E-state index in [1.165, 1.54) is 0 Å². The Morgan fingerprint density at radius 1 is 1.12 bits per heavy atom. The quantitative estimate of drug-likeness (QED) is 0.772. The van der Waals surface area contributed by atoms with Crippen molar-refractivity contribution in [2.45, 2.75) is 35.4 Å². The largest absolute Gasteiger partial charge is 0.380 e. The molecule has 3 rings (SSSR count). The zero-order valence-corrected chi connectivity index (χ0v) is 16.7. The Labute approximate surface area is 157 Å². The van der Waals surface area contributed by atoms with Crippen molar-refractivity contribution in [3.8, 4) is 0 Å². The van der Waals surface area contributed by atoms with Gasteiger partial charge in [-0.25, -0.2) is 8.42 Å². The van der Waals surface area contributed by atoms with Crippen LogP contribution in [0.15, 0.2) is 57.9 Å². The van der Waals surface area contributed by atoms with Crippen molar-refractivity contribution in [2.24, 2.45) is 5.73 Å². The molecule has 0 unspecified atom stereocenters. The predicted molar refractivity (Wildman–Crippen MR) is 102 cm³/mol. The lowest BCUT2D eigenvalue weighted by Gasteiger charge is -2.12. The molecule has 6 heteroatoms. The molecular weight excluding hydrogens is 402 g/mol. The van der Waals surface area contributed by atoms with E-state index in [9.17, 15) is 8.42 Å². The van der Waals surface area contributed by atoms with Gasteiger partial charge in [0.1, 0.15) is 0 Å². The summed E-state index contributed by atoms with van der Waals surface area (Å²) in [7, 11) is -3.54. The van der Waals surface area contributed by atoms with Crippen LogP contribution in [0.2, 0.25) is 0 Å². The van der Waals surface area contributed by atoms with Crippen LogP contribution in [-0.2, 0) is 14.6 Å². The van der Waals surface area contributed by atoms with Crippen LogP contribution in [0.4, 0.5) is 0 Å². The zero-order chi connectivity index (χ0) is 18.2. The van der Waals surface area contributed by atoms with Crippen LogP contribution in [0.5, 0.6) is 0 Å². The van der Waals surface area contributed by atoms with E-state index in [0.29, 0.717) is 11.5 Å². The molecule has 0 aromatic heterocycles. The number of benzene rings is 2. The lowest BCUT2D eigenvalue weighted by molar-refractivity contribution is 0.125. The van der Waals surface area contributed by atoms with E-state index < -0.39 is 20.6 Å². The molecule has 0 saturated heterocycles. The molecule has 0 heterocycles. The molecule has 0 bridgehead atoms. The van der Waals surface area contributed by atoms with Gasteiger partial charge in [0, 0.05) is 17.0 Å². The van der Waals surface area contributed by atoms with Gasteiger partial charge in [-0.05, 0) is 43.7 Å². The van der Waals surface area contributed by atoms with E-state index in [2.05, 4.69) is 15.9 Å². The van der Waals surface area contributed by atoms with E-state index in [0.717, 1.165) is 15.6 Å². The van der Waals surface area contributed by atoms with Crippen molar-refractivity contribution in [3.05, 3.63) is 64.1 Å². The fourth-order valence-electron chi connectivity index (χ4n) is 3.37. The molecule has 3 atom stereocenters. The summed E-state index contributed by atoms with van der Waals surface area (Å²) in [5.74, 6) is -0.279. The highest BCUT2D eigenvalue weighted by molar-refractivity contribution is 9.10. The van der Waals surface area contributed by atoms with E-state index in [-0.39, 0.29) is 12.5 Å². The Morgan fingerprint density at radius 2 is 1.72 bits per heavy atom. The number of halogens is 1. The van der Waals surface area contributed by atoms with Gasteiger partial charge in [-0.15, -0.1) is 0 Å². The molecule has 2 N–H and O–H groups in total. The van der Waals surface area contributed by atoms with E-state index in [1.807, 2.05) is 50.2 Å². The summed E-state index contributed by atoms with van der Waals surface area (Å²) < 4.78 is 32.8. The Bertz CT molecular complexity index is 849. The van der Waals surface area contributed by atoms with Crippen molar-refractivity contribution >= 4 is 25.8 Å². The van der Waals surface area contributed by atoms with Gasteiger partial charge in [0.05, 0.1) is 22.3 Å². The third-order valence-corrected chi connectivity index (χ3v) is 7.61. The predicted octanol–water partition coefficient (Wildman–Crippen LogP) is 3.43. The van der Waals surface area contributed by atoms with Crippen LogP contribution in [-0.4, -0.2) is 32.4 Å². The van der Waals surface area contributed by atoms with Gasteiger partial charge in [-0.2, -0.15) is 0 Å². The first-order chi connectivity index (χ1) is 11.8. The smallest absolute Gasteiger partial charge is 0.183 e. The maximum atomic E-state index is 13.2. The number of rotatable bonds is 6. The second kappa shape index (κ2) is 6.83. The first kappa shape index (κ1) is 18.6. The monoisotopic (exact) mass is 423 g/mol. The molecule has 2 aromatic carbocycles. The summed E-state index contributed by atoms with van der Waals surface area (Å²) in [6, 6.07) is 14.6. The van der Waals surface area contributed by atoms with Crippen LogP contribution in [0, 0.1) is 6.92 Å². The first-order valence-corrected chi connectivity index (χ1v) is 10.6. The summed E-state index contributed by atoms with van der Waals surface area (Å²) in [5.41, 5.74) is 7.56. The fourth-order valence-corrected chi connectivity index (χ4v) is 5.93.